The first kappa shape index (κ1) is 15.8. The lowest BCUT2D eigenvalue weighted by Crippen LogP contribution is -2.58. The summed E-state index contributed by atoms with van der Waals surface area (Å²) >= 11 is 0. The van der Waals surface area contributed by atoms with Gasteiger partial charge in [-0.05, 0) is 62.4 Å². The van der Waals surface area contributed by atoms with Crippen LogP contribution >= 0.6 is 0 Å². The number of nitrogens with zero attached hydrogens (tertiary/aromatic N) is 1. The summed E-state index contributed by atoms with van der Waals surface area (Å²) in [7, 11) is 0. The van der Waals surface area contributed by atoms with Gasteiger partial charge in [0, 0.05) is 6.04 Å². The highest BCUT2D eigenvalue weighted by atomic mass is 16.5. The topological polar surface area (TPSA) is 32.7 Å². The fourth-order valence-corrected chi connectivity index (χ4v) is 3.88. The van der Waals surface area contributed by atoms with Gasteiger partial charge >= 0.3 is 0 Å². The lowest BCUT2D eigenvalue weighted by Gasteiger charge is -2.49. The molecule has 122 valence electrons. The van der Waals surface area contributed by atoms with Gasteiger partial charge in [0.05, 0.1) is 12.7 Å². The molecule has 3 heteroatoms. The lowest BCUT2D eigenvalue weighted by atomic mass is 9.78. The second kappa shape index (κ2) is 7.47. The number of piperidine rings is 3. The number of hydrogen-bond acceptors (Lipinski definition) is 3. The summed E-state index contributed by atoms with van der Waals surface area (Å²) in [5.74, 6) is 1.49. The van der Waals surface area contributed by atoms with E-state index < -0.39 is 0 Å². The molecule has 3 saturated heterocycles. The molecule has 0 aromatic heterocycles. The van der Waals surface area contributed by atoms with E-state index in [1.807, 2.05) is 0 Å². The van der Waals surface area contributed by atoms with Crippen molar-refractivity contribution < 1.29 is 9.84 Å². The third-order valence-corrected chi connectivity index (χ3v) is 5.31. The van der Waals surface area contributed by atoms with Gasteiger partial charge in [0.25, 0.3) is 0 Å². The summed E-state index contributed by atoms with van der Waals surface area (Å²) in [6.07, 6.45) is 6.73. The van der Waals surface area contributed by atoms with Crippen molar-refractivity contribution in [3.05, 3.63) is 29.8 Å². The number of rotatable bonds is 7. The van der Waals surface area contributed by atoms with Gasteiger partial charge in [-0.1, -0.05) is 31.9 Å². The molecular weight excluding hydrogens is 274 g/mol. The predicted molar refractivity (Wildman–Crippen MR) is 89.3 cm³/mol. The molecule has 0 spiro atoms. The third kappa shape index (κ3) is 3.64. The van der Waals surface area contributed by atoms with Crippen molar-refractivity contribution >= 4 is 0 Å². The summed E-state index contributed by atoms with van der Waals surface area (Å²) < 4.78 is 5.76. The molecule has 3 fully saturated rings. The molecule has 1 N–H and O–H groups in total. The Bertz CT molecular complexity index is 449. The average Bonchev–Trinajstić information content (AvgIpc) is 2.57. The fraction of sp³-hybridized carbons (Fsp3) is 0.684. The first-order valence-electron chi connectivity index (χ1n) is 8.92. The van der Waals surface area contributed by atoms with Gasteiger partial charge in [-0.25, -0.2) is 0 Å². The molecule has 2 bridgehead atoms. The standard InChI is InChI=1S/C19H29NO2/c1-2-3-4-13-22-17-7-5-15(6-8-17)14-18-19(21)16-9-11-20(18)12-10-16/h5-8,16,18-19,21H,2-4,9-14H2,1H3. The first-order chi connectivity index (χ1) is 10.8. The number of unbranched alkanes of at least 4 members (excludes halogenated alkanes) is 2. The molecular formula is C19H29NO2. The molecule has 3 heterocycles. The number of ether oxygens (including phenoxy) is 1. The Balaban J connectivity index is 1.52. The highest BCUT2D eigenvalue weighted by Gasteiger charge is 2.40. The molecule has 0 saturated carbocycles. The minimum Gasteiger partial charge on any atom is -0.494 e. The van der Waals surface area contributed by atoms with Gasteiger partial charge in [0.2, 0.25) is 0 Å². The summed E-state index contributed by atoms with van der Waals surface area (Å²) in [6.45, 7) is 5.33. The van der Waals surface area contributed by atoms with Crippen LogP contribution in [0.3, 0.4) is 0 Å². The Hall–Kier alpha value is -1.06. The van der Waals surface area contributed by atoms with Crippen LogP contribution in [0.5, 0.6) is 5.75 Å². The third-order valence-electron chi connectivity index (χ3n) is 5.31. The minimum atomic E-state index is -0.146. The van der Waals surface area contributed by atoms with Crippen molar-refractivity contribution in [3.8, 4) is 5.75 Å². The summed E-state index contributed by atoms with van der Waals surface area (Å²) in [5, 5.41) is 10.5. The van der Waals surface area contributed by atoms with Gasteiger partial charge in [0.15, 0.2) is 0 Å². The maximum absolute atomic E-state index is 10.5. The zero-order valence-corrected chi connectivity index (χ0v) is 13.7. The lowest BCUT2D eigenvalue weighted by molar-refractivity contribution is -0.0715. The van der Waals surface area contributed by atoms with E-state index in [1.54, 1.807) is 0 Å². The average molecular weight is 303 g/mol. The van der Waals surface area contributed by atoms with E-state index in [1.165, 1.54) is 31.2 Å². The molecule has 22 heavy (non-hydrogen) atoms. The van der Waals surface area contributed by atoms with E-state index in [-0.39, 0.29) is 6.10 Å². The Kier molecular flexibility index (Phi) is 5.37. The molecule has 3 nitrogen and oxygen atoms in total. The number of hydrogen-bond donors (Lipinski definition) is 1. The fourth-order valence-electron chi connectivity index (χ4n) is 3.88. The molecule has 4 rings (SSSR count). The van der Waals surface area contributed by atoms with Crippen LogP contribution in [-0.4, -0.2) is 41.8 Å². The van der Waals surface area contributed by atoms with Crippen molar-refractivity contribution in [2.24, 2.45) is 5.92 Å². The van der Waals surface area contributed by atoms with Crippen LogP contribution in [0.1, 0.15) is 44.6 Å². The predicted octanol–water partition coefficient (Wildman–Crippen LogP) is 3.25. The molecule has 0 amide bonds. The van der Waals surface area contributed by atoms with E-state index in [4.69, 9.17) is 4.74 Å². The molecule has 1 aromatic rings. The number of benzene rings is 1. The van der Waals surface area contributed by atoms with Crippen LogP contribution in [0.4, 0.5) is 0 Å². The van der Waals surface area contributed by atoms with Crippen LogP contribution in [0.25, 0.3) is 0 Å². The number of aliphatic hydroxyl groups excluding tert-OH is 1. The van der Waals surface area contributed by atoms with Crippen molar-refractivity contribution in [2.75, 3.05) is 19.7 Å². The van der Waals surface area contributed by atoms with E-state index in [0.717, 1.165) is 38.3 Å². The van der Waals surface area contributed by atoms with Gasteiger partial charge in [-0.2, -0.15) is 0 Å². The van der Waals surface area contributed by atoms with E-state index in [0.29, 0.717) is 12.0 Å². The Morgan fingerprint density at radius 2 is 1.86 bits per heavy atom. The molecule has 2 unspecified atom stereocenters. The van der Waals surface area contributed by atoms with Crippen molar-refractivity contribution in [2.45, 2.75) is 57.6 Å². The SMILES string of the molecule is CCCCCOc1ccc(CC2C(O)C3CCN2CC3)cc1. The highest BCUT2D eigenvalue weighted by molar-refractivity contribution is 5.28. The van der Waals surface area contributed by atoms with Crippen molar-refractivity contribution in [1.29, 1.82) is 0 Å². The highest BCUT2D eigenvalue weighted by Crippen LogP contribution is 2.33. The quantitative estimate of drug-likeness (QED) is 0.785. The Morgan fingerprint density at radius 3 is 2.50 bits per heavy atom. The van der Waals surface area contributed by atoms with Crippen LogP contribution in [0, 0.1) is 5.92 Å². The normalized spacial score (nSPS) is 30.5. The van der Waals surface area contributed by atoms with Crippen LogP contribution < -0.4 is 4.74 Å². The van der Waals surface area contributed by atoms with Crippen LogP contribution in [-0.2, 0) is 6.42 Å². The molecule has 0 aliphatic carbocycles. The molecule has 3 aliphatic rings. The van der Waals surface area contributed by atoms with Gasteiger partial charge in [-0.15, -0.1) is 0 Å². The van der Waals surface area contributed by atoms with Crippen molar-refractivity contribution in [3.63, 3.8) is 0 Å². The number of fused-ring (bicyclic) bond motifs is 3. The van der Waals surface area contributed by atoms with E-state index >= 15 is 0 Å². The van der Waals surface area contributed by atoms with E-state index in [2.05, 4.69) is 36.1 Å². The number of aliphatic hydroxyl groups is 1. The Labute approximate surface area is 134 Å². The maximum atomic E-state index is 10.5. The molecule has 1 aromatic carbocycles. The maximum Gasteiger partial charge on any atom is 0.119 e. The van der Waals surface area contributed by atoms with Crippen LogP contribution in [0.15, 0.2) is 24.3 Å². The smallest absolute Gasteiger partial charge is 0.119 e. The molecule has 2 atom stereocenters. The zero-order valence-electron chi connectivity index (χ0n) is 13.7. The van der Waals surface area contributed by atoms with Gasteiger partial charge < -0.3 is 9.84 Å². The summed E-state index contributed by atoms with van der Waals surface area (Å²) in [4.78, 5) is 2.47. The molecule has 0 radical (unpaired) electrons. The molecule has 3 aliphatic heterocycles. The second-order valence-electron chi connectivity index (χ2n) is 6.83. The van der Waals surface area contributed by atoms with E-state index in [9.17, 15) is 5.11 Å². The monoisotopic (exact) mass is 303 g/mol. The summed E-state index contributed by atoms with van der Waals surface area (Å²) in [6, 6.07) is 8.77. The van der Waals surface area contributed by atoms with Gasteiger partial charge in [-0.3, -0.25) is 4.90 Å². The van der Waals surface area contributed by atoms with Crippen LogP contribution in [0.2, 0.25) is 0 Å². The Morgan fingerprint density at radius 1 is 1.14 bits per heavy atom. The first-order valence-corrected chi connectivity index (χ1v) is 8.92. The minimum absolute atomic E-state index is 0.146. The van der Waals surface area contributed by atoms with Crippen molar-refractivity contribution in [1.82, 2.24) is 4.90 Å². The van der Waals surface area contributed by atoms with Gasteiger partial charge in [0.1, 0.15) is 5.75 Å². The second-order valence-corrected chi connectivity index (χ2v) is 6.83. The largest absolute Gasteiger partial charge is 0.494 e. The summed E-state index contributed by atoms with van der Waals surface area (Å²) in [5.41, 5.74) is 1.30. The zero-order chi connectivity index (χ0) is 15.4.